The highest BCUT2D eigenvalue weighted by Gasteiger charge is 2.31. The van der Waals surface area contributed by atoms with Gasteiger partial charge in [-0.2, -0.15) is 0 Å². The first-order chi connectivity index (χ1) is 6.27. The average molecular weight is 197 g/mol. The van der Waals surface area contributed by atoms with E-state index in [1.165, 1.54) is 19.3 Å². The lowest BCUT2D eigenvalue weighted by molar-refractivity contribution is 0.212. The van der Waals surface area contributed by atoms with E-state index in [1.54, 1.807) is 0 Å². The summed E-state index contributed by atoms with van der Waals surface area (Å²) in [6.45, 7) is 14.9. The number of hydrogen-bond acceptors (Lipinski definition) is 1. The zero-order valence-electron chi connectivity index (χ0n) is 10.6. The van der Waals surface area contributed by atoms with E-state index in [-0.39, 0.29) is 5.54 Å². The van der Waals surface area contributed by atoms with E-state index in [1.807, 2.05) is 6.92 Å². The lowest BCUT2D eigenvalue weighted by Gasteiger charge is -2.37. The Balaban J connectivity index is 4.52. The molecule has 2 N–H and O–H groups in total. The zero-order valence-corrected chi connectivity index (χ0v) is 10.6. The van der Waals surface area contributed by atoms with Crippen molar-refractivity contribution in [3.8, 4) is 0 Å². The minimum atomic E-state index is -0.208. The van der Waals surface area contributed by atoms with E-state index in [2.05, 4.69) is 34.3 Å². The van der Waals surface area contributed by atoms with Crippen molar-refractivity contribution in [1.82, 2.24) is 0 Å². The van der Waals surface area contributed by atoms with Crippen LogP contribution in [-0.2, 0) is 0 Å². The van der Waals surface area contributed by atoms with Crippen molar-refractivity contribution < 1.29 is 0 Å². The van der Waals surface area contributed by atoms with Crippen LogP contribution in [0.15, 0.2) is 12.2 Å². The summed E-state index contributed by atoms with van der Waals surface area (Å²) in [4.78, 5) is 0. The molecule has 0 aromatic carbocycles. The normalized spacial score (nSPS) is 19.9. The largest absolute Gasteiger partial charge is 0.322 e. The van der Waals surface area contributed by atoms with Gasteiger partial charge in [-0.1, -0.05) is 45.8 Å². The highest BCUT2D eigenvalue weighted by Crippen LogP contribution is 2.37. The molecule has 2 atom stereocenters. The van der Waals surface area contributed by atoms with E-state index < -0.39 is 0 Å². The summed E-state index contributed by atoms with van der Waals surface area (Å²) in [6.07, 6.45) is 4.72. The van der Waals surface area contributed by atoms with Crippen LogP contribution in [0.25, 0.3) is 0 Å². The quantitative estimate of drug-likeness (QED) is 0.642. The highest BCUT2D eigenvalue weighted by atomic mass is 14.7. The summed E-state index contributed by atoms with van der Waals surface area (Å²) < 4.78 is 0. The van der Waals surface area contributed by atoms with Crippen LogP contribution in [0.1, 0.15) is 60.3 Å². The molecule has 0 aliphatic rings. The van der Waals surface area contributed by atoms with Gasteiger partial charge in [0.2, 0.25) is 0 Å². The van der Waals surface area contributed by atoms with E-state index in [0.29, 0.717) is 5.41 Å². The maximum Gasteiger partial charge on any atom is 0.0340 e. The molecule has 1 heteroatoms. The molecule has 0 bridgehead atoms. The molecule has 0 aromatic heterocycles. The van der Waals surface area contributed by atoms with Crippen LogP contribution in [-0.4, -0.2) is 5.54 Å². The Bertz CT molecular complexity index is 193. The number of nitrogens with two attached hydrogens (primary N) is 1. The molecule has 84 valence electrons. The first-order valence-corrected chi connectivity index (χ1v) is 5.72. The Hall–Kier alpha value is -0.300. The van der Waals surface area contributed by atoms with E-state index in [9.17, 15) is 0 Å². The van der Waals surface area contributed by atoms with Gasteiger partial charge < -0.3 is 5.73 Å². The standard InChI is InChI=1S/C13H27N/c1-7-9-12(5,8-2)10-13(6,14)11(3)4/h3,7-10,14H2,1-2,4-6H3. The first kappa shape index (κ1) is 13.7. The van der Waals surface area contributed by atoms with Crippen LogP contribution in [0, 0.1) is 5.41 Å². The highest BCUT2D eigenvalue weighted by molar-refractivity contribution is 5.11. The van der Waals surface area contributed by atoms with Crippen LogP contribution in [0.3, 0.4) is 0 Å². The number of rotatable bonds is 6. The molecule has 0 saturated heterocycles. The van der Waals surface area contributed by atoms with Crippen molar-refractivity contribution in [2.45, 2.75) is 65.8 Å². The van der Waals surface area contributed by atoms with Gasteiger partial charge in [0.1, 0.15) is 0 Å². The van der Waals surface area contributed by atoms with E-state index >= 15 is 0 Å². The third-order valence-electron chi connectivity index (χ3n) is 3.48. The summed E-state index contributed by atoms with van der Waals surface area (Å²) in [6, 6.07) is 0. The first-order valence-electron chi connectivity index (χ1n) is 5.72. The Labute approximate surface area is 89.8 Å². The van der Waals surface area contributed by atoms with Gasteiger partial charge in [-0.05, 0) is 32.1 Å². The fraction of sp³-hybridized carbons (Fsp3) is 0.846. The van der Waals surface area contributed by atoms with Crippen LogP contribution in [0.5, 0.6) is 0 Å². The molecule has 0 aliphatic heterocycles. The van der Waals surface area contributed by atoms with Crippen molar-refractivity contribution in [3.05, 3.63) is 12.2 Å². The molecule has 14 heavy (non-hydrogen) atoms. The van der Waals surface area contributed by atoms with Gasteiger partial charge in [0, 0.05) is 5.54 Å². The van der Waals surface area contributed by atoms with Crippen molar-refractivity contribution in [2.24, 2.45) is 11.1 Å². The van der Waals surface area contributed by atoms with Crippen molar-refractivity contribution >= 4 is 0 Å². The Morgan fingerprint density at radius 1 is 1.29 bits per heavy atom. The average Bonchev–Trinajstić information content (AvgIpc) is 2.03. The Morgan fingerprint density at radius 2 is 1.79 bits per heavy atom. The fourth-order valence-corrected chi connectivity index (χ4v) is 2.03. The topological polar surface area (TPSA) is 26.0 Å². The Kier molecular flexibility index (Phi) is 4.87. The second-order valence-corrected chi connectivity index (χ2v) is 5.29. The molecule has 0 spiro atoms. The van der Waals surface area contributed by atoms with Crippen LogP contribution in [0.4, 0.5) is 0 Å². The van der Waals surface area contributed by atoms with Crippen molar-refractivity contribution in [3.63, 3.8) is 0 Å². The fourth-order valence-electron chi connectivity index (χ4n) is 2.03. The van der Waals surface area contributed by atoms with E-state index in [4.69, 9.17) is 5.73 Å². The van der Waals surface area contributed by atoms with Gasteiger partial charge in [-0.25, -0.2) is 0 Å². The summed E-state index contributed by atoms with van der Waals surface area (Å²) in [5.74, 6) is 0. The second-order valence-electron chi connectivity index (χ2n) is 5.29. The van der Waals surface area contributed by atoms with Crippen molar-refractivity contribution in [2.75, 3.05) is 0 Å². The summed E-state index contributed by atoms with van der Waals surface area (Å²) in [5.41, 5.74) is 7.51. The van der Waals surface area contributed by atoms with Crippen LogP contribution >= 0.6 is 0 Å². The molecule has 0 fully saturated rings. The molecule has 0 aromatic rings. The zero-order chi connectivity index (χ0) is 11.4. The summed E-state index contributed by atoms with van der Waals surface area (Å²) in [5, 5.41) is 0. The maximum absolute atomic E-state index is 6.25. The molecular formula is C13H27N. The minimum absolute atomic E-state index is 0.208. The summed E-state index contributed by atoms with van der Waals surface area (Å²) in [7, 11) is 0. The van der Waals surface area contributed by atoms with Crippen molar-refractivity contribution in [1.29, 1.82) is 0 Å². The monoisotopic (exact) mass is 197 g/mol. The van der Waals surface area contributed by atoms with Gasteiger partial charge in [0.05, 0.1) is 0 Å². The molecule has 0 aliphatic carbocycles. The third kappa shape index (κ3) is 3.83. The smallest absolute Gasteiger partial charge is 0.0340 e. The van der Waals surface area contributed by atoms with Crippen LogP contribution in [0.2, 0.25) is 0 Å². The molecule has 1 nitrogen and oxygen atoms in total. The summed E-state index contributed by atoms with van der Waals surface area (Å²) >= 11 is 0. The van der Waals surface area contributed by atoms with E-state index in [0.717, 1.165) is 12.0 Å². The lowest BCUT2D eigenvalue weighted by Crippen LogP contribution is -2.42. The minimum Gasteiger partial charge on any atom is -0.322 e. The van der Waals surface area contributed by atoms with Gasteiger partial charge in [0.15, 0.2) is 0 Å². The van der Waals surface area contributed by atoms with Gasteiger partial charge in [-0.3, -0.25) is 0 Å². The van der Waals surface area contributed by atoms with Gasteiger partial charge in [-0.15, -0.1) is 0 Å². The predicted molar refractivity (Wildman–Crippen MR) is 65.3 cm³/mol. The third-order valence-corrected chi connectivity index (χ3v) is 3.48. The predicted octanol–water partition coefficient (Wildman–Crippen LogP) is 3.89. The van der Waals surface area contributed by atoms with Gasteiger partial charge >= 0.3 is 0 Å². The molecule has 0 saturated carbocycles. The second kappa shape index (κ2) is 4.97. The number of hydrogen-bond donors (Lipinski definition) is 1. The molecule has 0 amide bonds. The SMILES string of the molecule is C=C(C)C(C)(N)CC(C)(CC)CCC. The molecule has 0 radical (unpaired) electrons. The molecular weight excluding hydrogens is 170 g/mol. The lowest BCUT2D eigenvalue weighted by atomic mass is 9.71. The Morgan fingerprint density at radius 3 is 2.07 bits per heavy atom. The maximum atomic E-state index is 6.25. The van der Waals surface area contributed by atoms with Crippen LogP contribution < -0.4 is 5.73 Å². The van der Waals surface area contributed by atoms with Gasteiger partial charge in [0.25, 0.3) is 0 Å². The molecule has 0 rings (SSSR count). The molecule has 2 unspecified atom stereocenters. The molecule has 0 heterocycles.